The molecule has 0 aliphatic heterocycles. The number of benzene rings is 3. The number of hydrogen-bond donors (Lipinski definition) is 1. The molecule has 35 heavy (non-hydrogen) atoms. The van der Waals surface area contributed by atoms with E-state index in [4.69, 9.17) is 9.90 Å². The number of carboxylic acid groups (broad SMARTS) is 1. The van der Waals surface area contributed by atoms with Gasteiger partial charge in [0.15, 0.2) is 0 Å². The van der Waals surface area contributed by atoms with Crippen molar-refractivity contribution in [3.05, 3.63) is 89.5 Å². The van der Waals surface area contributed by atoms with Gasteiger partial charge in [0.05, 0.1) is 11.6 Å². The van der Waals surface area contributed by atoms with Crippen molar-refractivity contribution in [1.82, 2.24) is 0 Å². The predicted octanol–water partition coefficient (Wildman–Crippen LogP) is 6.15. The van der Waals surface area contributed by atoms with Crippen molar-refractivity contribution >= 4 is 17.6 Å². The lowest BCUT2D eigenvalue weighted by Gasteiger charge is -2.18. The van der Waals surface area contributed by atoms with Crippen molar-refractivity contribution in [3.8, 4) is 17.2 Å². The van der Waals surface area contributed by atoms with Crippen molar-refractivity contribution in [1.29, 1.82) is 5.26 Å². The summed E-state index contributed by atoms with van der Waals surface area (Å²) in [4.78, 5) is 23.2. The number of carboxylic acids is 1. The van der Waals surface area contributed by atoms with Gasteiger partial charge in [-0.15, -0.1) is 0 Å². The first-order valence-corrected chi connectivity index (χ1v) is 10.8. The van der Waals surface area contributed by atoms with Crippen molar-refractivity contribution in [2.75, 3.05) is 11.9 Å². The number of nitriles is 1. The van der Waals surface area contributed by atoms with Crippen LogP contribution in [-0.2, 0) is 16.0 Å². The summed E-state index contributed by atoms with van der Waals surface area (Å²) in [6.07, 6.45) is -2.82. The molecule has 3 aromatic rings. The van der Waals surface area contributed by atoms with E-state index in [1.165, 1.54) is 11.1 Å². The molecular formula is C27H25F3N2O3. The van der Waals surface area contributed by atoms with Gasteiger partial charge in [0.2, 0.25) is 5.91 Å². The summed E-state index contributed by atoms with van der Waals surface area (Å²) in [6, 6.07) is 25.9. The molecule has 0 radical (unpaired) electrons. The minimum Gasteiger partial charge on any atom is -0.475 e. The van der Waals surface area contributed by atoms with Crippen LogP contribution in [0.15, 0.2) is 72.8 Å². The fourth-order valence-electron chi connectivity index (χ4n) is 3.33. The van der Waals surface area contributed by atoms with Gasteiger partial charge in [-0.2, -0.15) is 18.4 Å². The molecule has 0 unspecified atom stereocenters. The Hall–Kier alpha value is -4.12. The van der Waals surface area contributed by atoms with E-state index in [2.05, 4.69) is 25.1 Å². The minimum atomic E-state index is -5.08. The smallest absolute Gasteiger partial charge is 0.475 e. The largest absolute Gasteiger partial charge is 0.490 e. The third-order valence-electron chi connectivity index (χ3n) is 5.33. The number of carbonyl (C=O) groups excluding carboxylic acids is 1. The molecule has 0 saturated heterocycles. The van der Waals surface area contributed by atoms with E-state index in [1.807, 2.05) is 67.7 Å². The van der Waals surface area contributed by atoms with E-state index >= 15 is 0 Å². The van der Waals surface area contributed by atoms with Gasteiger partial charge in [0.1, 0.15) is 0 Å². The molecule has 1 N–H and O–H groups in total. The van der Waals surface area contributed by atoms with Crippen molar-refractivity contribution in [2.24, 2.45) is 0 Å². The highest BCUT2D eigenvalue weighted by molar-refractivity contribution is 5.93. The zero-order chi connectivity index (χ0) is 26.0. The Morgan fingerprint density at radius 2 is 1.54 bits per heavy atom. The number of aryl methyl sites for hydroxylation is 2. The second-order valence-corrected chi connectivity index (χ2v) is 7.74. The minimum absolute atomic E-state index is 0.110. The molecule has 0 saturated carbocycles. The number of amides is 1. The zero-order valence-corrected chi connectivity index (χ0v) is 19.3. The first-order valence-electron chi connectivity index (χ1n) is 10.8. The lowest BCUT2D eigenvalue weighted by molar-refractivity contribution is -0.192. The lowest BCUT2D eigenvalue weighted by atomic mass is 10.00. The number of aliphatic carboxylic acids is 1. The van der Waals surface area contributed by atoms with Crippen LogP contribution in [0.2, 0.25) is 0 Å². The quantitative estimate of drug-likeness (QED) is 0.457. The van der Waals surface area contributed by atoms with Crippen LogP contribution in [0.3, 0.4) is 0 Å². The summed E-state index contributed by atoms with van der Waals surface area (Å²) < 4.78 is 31.7. The van der Waals surface area contributed by atoms with Crippen LogP contribution in [0, 0.1) is 18.3 Å². The molecule has 182 valence electrons. The van der Waals surface area contributed by atoms with E-state index in [0.717, 1.165) is 29.7 Å². The van der Waals surface area contributed by atoms with E-state index in [-0.39, 0.29) is 5.91 Å². The Morgan fingerprint density at radius 1 is 0.971 bits per heavy atom. The normalized spacial score (nSPS) is 10.5. The lowest BCUT2D eigenvalue weighted by Crippen LogP contribution is -2.25. The van der Waals surface area contributed by atoms with Crippen molar-refractivity contribution < 1.29 is 27.9 Å². The summed E-state index contributed by atoms with van der Waals surface area (Å²) in [7, 11) is 1.81. The number of rotatable bonds is 6. The molecule has 1 amide bonds. The summed E-state index contributed by atoms with van der Waals surface area (Å²) >= 11 is 0. The Bertz CT molecular complexity index is 1200. The Morgan fingerprint density at radius 3 is 2.11 bits per heavy atom. The average molecular weight is 483 g/mol. The zero-order valence-electron chi connectivity index (χ0n) is 19.3. The van der Waals surface area contributed by atoms with Crippen molar-refractivity contribution in [3.63, 3.8) is 0 Å². The van der Waals surface area contributed by atoms with Crippen LogP contribution >= 0.6 is 0 Å². The Kier molecular flexibility index (Phi) is 9.59. The molecule has 8 heteroatoms. The molecule has 0 atom stereocenters. The summed E-state index contributed by atoms with van der Waals surface area (Å²) in [5, 5.41) is 16.4. The van der Waals surface area contributed by atoms with Crippen LogP contribution in [0.25, 0.3) is 11.1 Å². The third-order valence-corrected chi connectivity index (χ3v) is 5.33. The molecule has 0 spiro atoms. The standard InChI is InChI=1S/C25H24N2O.C2HF3O2/c1-19-8-3-4-9-20(19)11-7-13-25(28)27(2)23-16-14-21(15-17-23)24-12-6-5-10-22(24)18-26;3-2(4,5)1(6)7/h3-6,8-10,12,14-17H,7,11,13H2,1-2H3;(H,6,7). The molecule has 3 aromatic carbocycles. The molecule has 0 fully saturated rings. The van der Waals surface area contributed by atoms with Crippen LogP contribution < -0.4 is 4.90 Å². The second kappa shape index (κ2) is 12.4. The molecule has 0 heterocycles. The van der Waals surface area contributed by atoms with E-state index < -0.39 is 12.1 Å². The van der Waals surface area contributed by atoms with Crippen LogP contribution in [0.1, 0.15) is 29.5 Å². The molecule has 5 nitrogen and oxygen atoms in total. The van der Waals surface area contributed by atoms with Crippen LogP contribution in [0.4, 0.5) is 18.9 Å². The number of carbonyl (C=O) groups is 2. The first kappa shape index (κ1) is 27.1. The average Bonchev–Trinajstić information content (AvgIpc) is 2.84. The third kappa shape index (κ3) is 8.00. The highest BCUT2D eigenvalue weighted by atomic mass is 19.4. The van der Waals surface area contributed by atoms with Gasteiger partial charge in [-0.1, -0.05) is 54.6 Å². The van der Waals surface area contributed by atoms with Gasteiger partial charge in [-0.05, 0) is 60.2 Å². The highest BCUT2D eigenvalue weighted by Crippen LogP contribution is 2.26. The Balaban J connectivity index is 0.000000540. The molecule has 0 aromatic heterocycles. The maximum absolute atomic E-state index is 12.6. The van der Waals surface area contributed by atoms with E-state index in [1.54, 1.807) is 4.90 Å². The number of halogens is 3. The maximum Gasteiger partial charge on any atom is 0.490 e. The van der Waals surface area contributed by atoms with Gasteiger partial charge in [-0.3, -0.25) is 4.79 Å². The van der Waals surface area contributed by atoms with Gasteiger partial charge in [0, 0.05) is 19.2 Å². The summed E-state index contributed by atoms with van der Waals surface area (Å²) in [5.41, 5.74) is 5.97. The molecule has 3 rings (SSSR count). The summed E-state index contributed by atoms with van der Waals surface area (Å²) in [6.45, 7) is 2.11. The van der Waals surface area contributed by atoms with Gasteiger partial charge in [0.25, 0.3) is 0 Å². The number of alkyl halides is 3. The van der Waals surface area contributed by atoms with Crippen LogP contribution in [-0.4, -0.2) is 30.2 Å². The van der Waals surface area contributed by atoms with E-state index in [9.17, 15) is 23.2 Å². The second-order valence-electron chi connectivity index (χ2n) is 7.74. The monoisotopic (exact) mass is 482 g/mol. The molecule has 0 aliphatic carbocycles. The number of nitrogens with zero attached hydrogens (tertiary/aromatic N) is 2. The fraction of sp³-hybridized carbons (Fsp3) is 0.222. The fourth-order valence-corrected chi connectivity index (χ4v) is 3.33. The topological polar surface area (TPSA) is 81.4 Å². The maximum atomic E-state index is 12.6. The molecule has 0 aliphatic rings. The highest BCUT2D eigenvalue weighted by Gasteiger charge is 2.38. The van der Waals surface area contributed by atoms with Gasteiger partial charge < -0.3 is 10.0 Å². The first-order chi connectivity index (χ1) is 16.5. The summed E-state index contributed by atoms with van der Waals surface area (Å²) in [5.74, 6) is -2.65. The Labute approximate surface area is 202 Å². The van der Waals surface area contributed by atoms with Crippen LogP contribution in [0.5, 0.6) is 0 Å². The van der Waals surface area contributed by atoms with Crippen molar-refractivity contribution in [2.45, 2.75) is 32.4 Å². The molecular weight excluding hydrogens is 457 g/mol. The number of anilines is 1. The SMILES string of the molecule is Cc1ccccc1CCCC(=O)N(C)c1ccc(-c2ccccc2C#N)cc1.O=C(O)C(F)(F)F. The van der Waals surface area contributed by atoms with Gasteiger partial charge in [-0.25, -0.2) is 4.79 Å². The van der Waals surface area contributed by atoms with E-state index in [0.29, 0.717) is 12.0 Å². The molecule has 0 bridgehead atoms. The number of hydrogen-bond acceptors (Lipinski definition) is 3. The predicted molar refractivity (Wildman–Crippen MR) is 128 cm³/mol. The van der Waals surface area contributed by atoms with Gasteiger partial charge >= 0.3 is 12.1 Å².